The van der Waals surface area contributed by atoms with Crippen LogP contribution in [0.5, 0.6) is 0 Å². The summed E-state index contributed by atoms with van der Waals surface area (Å²) in [5.74, 6) is 0.126. The molecule has 0 radical (unpaired) electrons. The second-order valence-electron chi connectivity index (χ2n) is 3.92. The van der Waals surface area contributed by atoms with Crippen molar-refractivity contribution in [2.45, 2.75) is 52.0 Å². The largest absolute Gasteiger partial charge is 0.386 e. The average molecular weight is 181 g/mol. The number of hydrogen-bond acceptors (Lipinski definition) is 2. The minimum atomic E-state index is 0.126. The van der Waals surface area contributed by atoms with Crippen LogP contribution in [0.4, 0.5) is 0 Å². The predicted molar refractivity (Wildman–Crippen MR) is 54.4 cm³/mol. The van der Waals surface area contributed by atoms with Crippen LogP contribution in [0.25, 0.3) is 0 Å². The van der Waals surface area contributed by atoms with E-state index < -0.39 is 0 Å². The Bertz CT molecular complexity index is 202. The first kappa shape index (κ1) is 10.3. The molecule has 1 aliphatic carbocycles. The zero-order valence-electron chi connectivity index (χ0n) is 8.60. The first-order valence-electron chi connectivity index (χ1n) is 5.14. The summed E-state index contributed by atoms with van der Waals surface area (Å²) < 4.78 is 0. The van der Waals surface area contributed by atoms with Crippen LogP contribution < -0.4 is 5.32 Å². The molecule has 1 N–H and O–H groups in total. The molecule has 0 spiro atoms. The van der Waals surface area contributed by atoms with E-state index >= 15 is 0 Å². The molecule has 0 amide bonds. The molecule has 2 heteroatoms. The highest BCUT2D eigenvalue weighted by molar-refractivity contribution is 5.87. The Morgan fingerprint density at radius 1 is 1.23 bits per heavy atom. The molecule has 1 saturated carbocycles. The maximum Gasteiger partial charge on any atom is 0.154 e. The highest BCUT2D eigenvalue weighted by Gasteiger charge is 2.12. The zero-order valence-corrected chi connectivity index (χ0v) is 8.60. The van der Waals surface area contributed by atoms with Crippen molar-refractivity contribution in [1.82, 2.24) is 5.32 Å². The van der Waals surface area contributed by atoms with Gasteiger partial charge in [-0.1, -0.05) is 19.3 Å². The van der Waals surface area contributed by atoms with E-state index in [0.717, 1.165) is 5.70 Å². The first-order chi connectivity index (χ1) is 6.18. The molecule has 0 saturated heterocycles. The van der Waals surface area contributed by atoms with E-state index in [0.29, 0.717) is 6.04 Å². The van der Waals surface area contributed by atoms with Gasteiger partial charge in [-0.05, 0) is 32.8 Å². The maximum absolute atomic E-state index is 10.8. The van der Waals surface area contributed by atoms with Crippen LogP contribution in [-0.2, 0) is 4.79 Å². The molecular formula is C11H19NO. The third-order valence-electron chi connectivity index (χ3n) is 2.46. The van der Waals surface area contributed by atoms with Gasteiger partial charge in [-0.3, -0.25) is 4.79 Å². The summed E-state index contributed by atoms with van der Waals surface area (Å²) in [4.78, 5) is 10.8. The van der Waals surface area contributed by atoms with Gasteiger partial charge in [0.05, 0.1) is 0 Å². The summed E-state index contributed by atoms with van der Waals surface area (Å²) in [5.41, 5.74) is 1.01. The highest BCUT2D eigenvalue weighted by Crippen LogP contribution is 2.18. The molecule has 0 atom stereocenters. The summed E-state index contributed by atoms with van der Waals surface area (Å²) in [6.07, 6.45) is 8.20. The third kappa shape index (κ3) is 4.11. The molecule has 1 rings (SSSR count). The SMILES string of the molecule is CC(=O)C=C(C)NC1CCCCC1. The molecule has 0 aromatic carbocycles. The minimum Gasteiger partial charge on any atom is -0.386 e. The number of carbonyl (C=O) groups excluding carboxylic acids is 1. The van der Waals surface area contributed by atoms with E-state index in [1.807, 2.05) is 6.92 Å². The quantitative estimate of drug-likeness (QED) is 0.677. The summed E-state index contributed by atoms with van der Waals surface area (Å²) in [6.45, 7) is 3.56. The monoisotopic (exact) mass is 181 g/mol. The highest BCUT2D eigenvalue weighted by atomic mass is 16.1. The van der Waals surface area contributed by atoms with Crippen LogP contribution in [0.2, 0.25) is 0 Å². The minimum absolute atomic E-state index is 0.126. The van der Waals surface area contributed by atoms with Crippen molar-refractivity contribution in [2.75, 3.05) is 0 Å². The van der Waals surface area contributed by atoms with Crippen molar-refractivity contribution in [3.05, 3.63) is 11.8 Å². The van der Waals surface area contributed by atoms with Gasteiger partial charge in [-0.2, -0.15) is 0 Å². The van der Waals surface area contributed by atoms with Gasteiger partial charge < -0.3 is 5.32 Å². The lowest BCUT2D eigenvalue weighted by atomic mass is 9.95. The Hall–Kier alpha value is -0.790. The number of allylic oxidation sites excluding steroid dienone is 2. The molecule has 0 unspecified atom stereocenters. The fourth-order valence-electron chi connectivity index (χ4n) is 1.92. The number of rotatable bonds is 3. The standard InChI is InChI=1S/C11H19NO/c1-9(8-10(2)13)12-11-6-4-3-5-7-11/h8,11-12H,3-7H2,1-2H3. The molecule has 0 aliphatic heterocycles. The number of ketones is 1. The molecule has 1 fully saturated rings. The molecule has 0 bridgehead atoms. The van der Waals surface area contributed by atoms with Crippen molar-refractivity contribution in [2.24, 2.45) is 0 Å². The Balaban J connectivity index is 2.33. The van der Waals surface area contributed by atoms with E-state index in [-0.39, 0.29) is 5.78 Å². The van der Waals surface area contributed by atoms with Crippen molar-refractivity contribution >= 4 is 5.78 Å². The van der Waals surface area contributed by atoms with Gasteiger partial charge in [0.1, 0.15) is 0 Å². The number of nitrogens with one attached hydrogen (secondary N) is 1. The Morgan fingerprint density at radius 2 is 1.85 bits per heavy atom. The van der Waals surface area contributed by atoms with Crippen LogP contribution in [0, 0.1) is 0 Å². The van der Waals surface area contributed by atoms with Crippen LogP contribution in [-0.4, -0.2) is 11.8 Å². The van der Waals surface area contributed by atoms with Gasteiger partial charge in [0.25, 0.3) is 0 Å². The van der Waals surface area contributed by atoms with E-state index in [4.69, 9.17) is 0 Å². The smallest absolute Gasteiger partial charge is 0.154 e. The van der Waals surface area contributed by atoms with Gasteiger partial charge >= 0.3 is 0 Å². The van der Waals surface area contributed by atoms with E-state index in [1.165, 1.54) is 32.1 Å². The van der Waals surface area contributed by atoms with Crippen LogP contribution in [0.1, 0.15) is 46.0 Å². The van der Waals surface area contributed by atoms with Gasteiger partial charge in [-0.15, -0.1) is 0 Å². The maximum atomic E-state index is 10.8. The van der Waals surface area contributed by atoms with E-state index in [1.54, 1.807) is 13.0 Å². The average Bonchev–Trinajstić information content (AvgIpc) is 2.04. The van der Waals surface area contributed by atoms with Crippen LogP contribution >= 0.6 is 0 Å². The van der Waals surface area contributed by atoms with Gasteiger partial charge in [0.2, 0.25) is 0 Å². The molecule has 74 valence electrons. The predicted octanol–water partition coefficient (Wildman–Crippen LogP) is 2.40. The van der Waals surface area contributed by atoms with Crippen LogP contribution in [0.3, 0.4) is 0 Å². The van der Waals surface area contributed by atoms with E-state index in [9.17, 15) is 4.79 Å². The second kappa shape index (κ2) is 5.05. The number of carbonyl (C=O) groups is 1. The molecule has 2 nitrogen and oxygen atoms in total. The molecular weight excluding hydrogens is 162 g/mol. The summed E-state index contributed by atoms with van der Waals surface area (Å²) in [6, 6.07) is 0.601. The third-order valence-corrected chi connectivity index (χ3v) is 2.46. The fourth-order valence-corrected chi connectivity index (χ4v) is 1.92. The zero-order chi connectivity index (χ0) is 9.68. The van der Waals surface area contributed by atoms with Crippen molar-refractivity contribution in [1.29, 1.82) is 0 Å². The van der Waals surface area contributed by atoms with E-state index in [2.05, 4.69) is 5.32 Å². The lowest BCUT2D eigenvalue weighted by Crippen LogP contribution is -2.29. The summed E-state index contributed by atoms with van der Waals surface area (Å²) >= 11 is 0. The van der Waals surface area contributed by atoms with Crippen molar-refractivity contribution < 1.29 is 4.79 Å². The Kier molecular flexibility index (Phi) is 4.00. The Labute approximate surface area is 80.4 Å². The van der Waals surface area contributed by atoms with Crippen LogP contribution in [0.15, 0.2) is 11.8 Å². The van der Waals surface area contributed by atoms with Crippen molar-refractivity contribution in [3.8, 4) is 0 Å². The lowest BCUT2D eigenvalue weighted by molar-refractivity contribution is -0.112. The molecule has 0 aromatic heterocycles. The molecule has 0 aromatic rings. The summed E-state index contributed by atoms with van der Waals surface area (Å²) in [5, 5.41) is 3.39. The first-order valence-corrected chi connectivity index (χ1v) is 5.14. The molecule has 1 aliphatic rings. The molecule has 13 heavy (non-hydrogen) atoms. The van der Waals surface area contributed by atoms with Gasteiger partial charge in [-0.25, -0.2) is 0 Å². The number of hydrogen-bond donors (Lipinski definition) is 1. The second-order valence-corrected chi connectivity index (χ2v) is 3.92. The lowest BCUT2D eigenvalue weighted by Gasteiger charge is -2.23. The van der Waals surface area contributed by atoms with Crippen molar-refractivity contribution in [3.63, 3.8) is 0 Å². The topological polar surface area (TPSA) is 29.1 Å². The van der Waals surface area contributed by atoms with Gasteiger partial charge in [0.15, 0.2) is 5.78 Å². The summed E-state index contributed by atoms with van der Waals surface area (Å²) in [7, 11) is 0. The Morgan fingerprint density at radius 3 is 2.38 bits per heavy atom. The normalized spacial score (nSPS) is 20.0. The van der Waals surface area contributed by atoms with Gasteiger partial charge in [0, 0.05) is 11.7 Å². The fraction of sp³-hybridized carbons (Fsp3) is 0.727. The molecule has 0 heterocycles.